The first kappa shape index (κ1) is 34.9. The molecule has 6 aromatic rings. The number of hydrogen-bond acceptors (Lipinski definition) is 4. The van der Waals surface area contributed by atoms with Gasteiger partial charge in [0.1, 0.15) is 0 Å². The Morgan fingerprint density at radius 3 is 2.33 bits per heavy atom. The smallest absolute Gasteiger partial charge is 0.0925 e. The van der Waals surface area contributed by atoms with E-state index in [-0.39, 0.29) is 0 Å². The molecule has 4 heterocycles. The topological polar surface area (TPSA) is 38.1 Å². The van der Waals surface area contributed by atoms with Crippen LogP contribution >= 0.6 is 11.8 Å². The van der Waals surface area contributed by atoms with Crippen molar-refractivity contribution in [2.75, 3.05) is 0 Å². The van der Waals surface area contributed by atoms with E-state index in [9.17, 15) is 0 Å². The van der Waals surface area contributed by atoms with Gasteiger partial charge in [0.05, 0.1) is 28.3 Å². The molecule has 1 saturated heterocycles. The van der Waals surface area contributed by atoms with E-state index in [0.717, 1.165) is 78.3 Å². The maximum Gasteiger partial charge on any atom is 0.0925 e. The van der Waals surface area contributed by atoms with E-state index < -0.39 is 0 Å². The summed E-state index contributed by atoms with van der Waals surface area (Å²) < 4.78 is 0. The van der Waals surface area contributed by atoms with Gasteiger partial charge in [-0.3, -0.25) is 4.99 Å². The van der Waals surface area contributed by atoms with Crippen molar-refractivity contribution in [1.82, 2.24) is 9.97 Å². The van der Waals surface area contributed by atoms with Gasteiger partial charge in [-0.1, -0.05) is 123 Å². The van der Waals surface area contributed by atoms with Crippen molar-refractivity contribution >= 4 is 46.2 Å². The first-order chi connectivity index (χ1) is 28.1. The van der Waals surface area contributed by atoms with Crippen LogP contribution < -0.4 is 0 Å². The molecule has 4 atom stereocenters. The number of benzene rings is 4. The Balaban J connectivity index is 0.900. The maximum absolute atomic E-state index is 5.43. The average Bonchev–Trinajstić information content (AvgIpc) is 3.60. The monoisotopic (exact) mass is 757 g/mol. The number of nitrogens with zero attached hydrogens (tertiary/aromatic N) is 3. The minimum Gasteiger partial charge on any atom is -0.251 e. The fraction of sp³-hybridized carbons (Fsp3) is 0.264. The number of rotatable bonds is 6. The zero-order valence-corrected chi connectivity index (χ0v) is 33.7. The molecule has 0 bridgehead atoms. The number of para-hydroxylation sites is 1. The van der Waals surface area contributed by atoms with Crippen molar-refractivity contribution in [1.29, 1.82) is 0 Å². The highest BCUT2D eigenvalue weighted by molar-refractivity contribution is 8.00. The van der Waals surface area contributed by atoms with Crippen molar-refractivity contribution in [2.45, 2.75) is 75.7 Å². The highest BCUT2D eigenvalue weighted by atomic mass is 32.2. The molecule has 4 aromatic carbocycles. The van der Waals surface area contributed by atoms with Gasteiger partial charge in [0.2, 0.25) is 0 Å². The molecule has 2 aliphatic heterocycles. The molecular formula is C53H47N3S. The number of aromatic nitrogens is 2. The zero-order chi connectivity index (χ0) is 38.0. The molecule has 1 fully saturated rings. The van der Waals surface area contributed by atoms with Gasteiger partial charge in [0.25, 0.3) is 0 Å². The second-order valence-electron chi connectivity index (χ2n) is 16.7. The minimum atomic E-state index is 0.483. The summed E-state index contributed by atoms with van der Waals surface area (Å²) in [4.78, 5) is 16.0. The lowest BCUT2D eigenvalue weighted by Crippen LogP contribution is -2.19. The van der Waals surface area contributed by atoms with Gasteiger partial charge in [0.15, 0.2) is 0 Å². The summed E-state index contributed by atoms with van der Waals surface area (Å²) in [5, 5.41) is 2.46. The van der Waals surface area contributed by atoms with Crippen molar-refractivity contribution in [2.24, 2.45) is 16.8 Å². The van der Waals surface area contributed by atoms with Crippen LogP contribution in [0.4, 0.5) is 0 Å². The minimum absolute atomic E-state index is 0.483. The Morgan fingerprint density at radius 2 is 1.46 bits per heavy atom. The molecule has 4 unspecified atom stereocenters. The number of aliphatic imine (C=N–C) groups is 1. The van der Waals surface area contributed by atoms with E-state index >= 15 is 0 Å². The van der Waals surface area contributed by atoms with Crippen LogP contribution in [0.2, 0.25) is 0 Å². The third-order valence-electron chi connectivity index (χ3n) is 13.4. The van der Waals surface area contributed by atoms with Crippen LogP contribution in [0, 0.1) is 11.8 Å². The lowest BCUT2D eigenvalue weighted by molar-refractivity contribution is 0.382. The molecule has 11 rings (SSSR count). The molecule has 0 radical (unpaired) electrons. The number of aryl methyl sites for hydroxylation is 2. The highest BCUT2D eigenvalue weighted by Crippen LogP contribution is 2.58. The lowest BCUT2D eigenvalue weighted by Gasteiger charge is -2.29. The normalized spacial score (nSPS) is 21.9. The summed E-state index contributed by atoms with van der Waals surface area (Å²) in [6, 6.07) is 40.0. The van der Waals surface area contributed by atoms with Crippen LogP contribution in [0.3, 0.4) is 0 Å². The molecule has 0 amide bonds. The van der Waals surface area contributed by atoms with Crippen LogP contribution in [0.5, 0.6) is 0 Å². The van der Waals surface area contributed by atoms with E-state index in [2.05, 4.69) is 153 Å². The van der Waals surface area contributed by atoms with Crippen LogP contribution in [0.25, 0.3) is 62.4 Å². The van der Waals surface area contributed by atoms with Crippen LogP contribution in [-0.4, -0.2) is 20.9 Å². The molecule has 5 aliphatic rings. The van der Waals surface area contributed by atoms with Crippen molar-refractivity contribution in [3.05, 3.63) is 160 Å². The van der Waals surface area contributed by atoms with E-state index in [1.165, 1.54) is 79.6 Å². The van der Waals surface area contributed by atoms with Crippen molar-refractivity contribution in [3.8, 4) is 33.6 Å². The van der Waals surface area contributed by atoms with Gasteiger partial charge in [-0.25, -0.2) is 9.97 Å². The van der Waals surface area contributed by atoms with Crippen LogP contribution in [-0.2, 0) is 12.8 Å². The second-order valence-corrected chi connectivity index (χ2v) is 18.2. The fourth-order valence-electron chi connectivity index (χ4n) is 10.4. The molecule has 57 heavy (non-hydrogen) atoms. The quantitative estimate of drug-likeness (QED) is 0.170. The molecular weight excluding hydrogens is 711 g/mol. The standard InChI is InChI=1S/C53H47N3S/c1-3-9-42-32(2)57-53-43(42)26-27-45-49(53)44-12-7-8-13-48(44)56-50(45)36-18-14-33(15-19-36)39-22-16-34-17-23-40(31-41(34)30-39)47-29-25-38-21-20-37-24-28-46(35-10-5-4-6-11-35)54-51(37)52(38)55-47/h4-8,10-16,18-19,22,24,26-28,30-32,42-43,53H,3,9,17,20-21,23,25,29H2,1-2H3. The van der Waals surface area contributed by atoms with Crippen LogP contribution in [0.1, 0.15) is 91.1 Å². The third kappa shape index (κ3) is 6.07. The van der Waals surface area contributed by atoms with Gasteiger partial charge < -0.3 is 0 Å². The Labute approximate surface area is 340 Å². The predicted octanol–water partition coefficient (Wildman–Crippen LogP) is 13.8. The third-order valence-corrected chi connectivity index (χ3v) is 15.0. The van der Waals surface area contributed by atoms with Gasteiger partial charge in [-0.05, 0) is 126 Å². The van der Waals surface area contributed by atoms with E-state index in [0.29, 0.717) is 16.4 Å². The molecule has 280 valence electrons. The summed E-state index contributed by atoms with van der Waals surface area (Å²) in [5.74, 6) is 1.32. The molecule has 3 aliphatic carbocycles. The molecule has 2 aromatic heterocycles. The lowest BCUT2D eigenvalue weighted by atomic mass is 9.77. The van der Waals surface area contributed by atoms with Gasteiger partial charge in [0, 0.05) is 38.3 Å². The Hall–Kier alpha value is -5.32. The molecule has 4 heteroatoms. The Morgan fingerprint density at radius 1 is 0.684 bits per heavy atom. The second kappa shape index (κ2) is 14.3. The van der Waals surface area contributed by atoms with E-state index in [1.54, 1.807) is 0 Å². The number of thioether (sulfide) groups is 1. The summed E-state index contributed by atoms with van der Waals surface area (Å²) >= 11 is 2.18. The summed E-state index contributed by atoms with van der Waals surface area (Å²) in [6.45, 7) is 4.78. The first-order valence-corrected chi connectivity index (χ1v) is 22.1. The molecule has 0 spiro atoms. The predicted molar refractivity (Wildman–Crippen MR) is 241 cm³/mol. The number of pyridine rings is 2. The van der Waals surface area contributed by atoms with Gasteiger partial charge >= 0.3 is 0 Å². The Kier molecular flexibility index (Phi) is 8.72. The summed E-state index contributed by atoms with van der Waals surface area (Å²) in [7, 11) is 0. The summed E-state index contributed by atoms with van der Waals surface area (Å²) in [5.41, 5.74) is 21.2. The van der Waals surface area contributed by atoms with Gasteiger partial charge in [-0.15, -0.1) is 11.8 Å². The van der Waals surface area contributed by atoms with Gasteiger partial charge in [-0.2, -0.15) is 0 Å². The zero-order valence-electron chi connectivity index (χ0n) is 32.8. The van der Waals surface area contributed by atoms with Crippen molar-refractivity contribution < 1.29 is 0 Å². The number of fused-ring (bicyclic) bond motifs is 8. The average molecular weight is 758 g/mol. The van der Waals surface area contributed by atoms with E-state index in [1.807, 2.05) is 0 Å². The highest BCUT2D eigenvalue weighted by Gasteiger charge is 2.44. The summed E-state index contributed by atoms with van der Waals surface area (Å²) in [6.07, 6.45) is 16.2. The molecule has 0 saturated carbocycles. The molecule has 0 N–H and O–H groups in total. The Bertz CT molecular complexity index is 2700. The van der Waals surface area contributed by atoms with Crippen LogP contribution in [0.15, 0.2) is 131 Å². The first-order valence-electron chi connectivity index (χ1n) is 21.2. The largest absolute Gasteiger partial charge is 0.251 e. The van der Waals surface area contributed by atoms with E-state index in [4.69, 9.17) is 15.0 Å². The van der Waals surface area contributed by atoms with Crippen molar-refractivity contribution in [3.63, 3.8) is 0 Å². The number of hydrogen-bond donors (Lipinski definition) is 0. The molecule has 3 nitrogen and oxygen atoms in total. The SMILES string of the molecule is CCCC1C(C)SC2c3c(c(-c4ccc(-c5ccc6c(c5)C=C(C5=NC7=C(CC5)CCc5ccc(-c8ccccc8)nc57)CC6)cc4)nc4ccccc34)C=CC21. The maximum atomic E-state index is 5.43. The number of allylic oxidation sites excluding steroid dienone is 3. The fourth-order valence-corrected chi connectivity index (χ4v) is 12.2.